The SMILES string of the molecule is CNC(=O)C[C@@H]1CC[C@@H]2[C@H](COc3ccc(NC(=O)C4CC4)cc3C(=O)N2C)O1. The van der Waals surface area contributed by atoms with Gasteiger partial charge in [0, 0.05) is 25.7 Å². The minimum atomic E-state index is -0.297. The molecule has 0 bridgehead atoms. The molecule has 0 aromatic heterocycles. The van der Waals surface area contributed by atoms with Gasteiger partial charge in [-0.3, -0.25) is 14.4 Å². The predicted molar refractivity (Wildman–Crippen MR) is 106 cm³/mol. The molecule has 0 radical (unpaired) electrons. The first kappa shape index (κ1) is 19.7. The van der Waals surface area contributed by atoms with E-state index in [-0.39, 0.29) is 41.9 Å². The number of amides is 3. The normalized spacial score (nSPS) is 26.3. The number of nitrogens with zero attached hydrogens (tertiary/aromatic N) is 1. The van der Waals surface area contributed by atoms with Gasteiger partial charge in [-0.25, -0.2) is 0 Å². The zero-order valence-corrected chi connectivity index (χ0v) is 16.8. The fourth-order valence-electron chi connectivity index (χ4n) is 4.00. The molecule has 1 aromatic carbocycles. The predicted octanol–water partition coefficient (Wildman–Crippen LogP) is 1.55. The highest BCUT2D eigenvalue weighted by Gasteiger charge is 2.39. The third-order valence-electron chi connectivity index (χ3n) is 5.92. The molecule has 2 aliphatic heterocycles. The quantitative estimate of drug-likeness (QED) is 0.798. The molecule has 1 saturated carbocycles. The fourth-order valence-corrected chi connectivity index (χ4v) is 4.00. The van der Waals surface area contributed by atoms with Crippen LogP contribution in [0.3, 0.4) is 0 Å². The van der Waals surface area contributed by atoms with Gasteiger partial charge in [-0.2, -0.15) is 0 Å². The van der Waals surface area contributed by atoms with E-state index >= 15 is 0 Å². The van der Waals surface area contributed by atoms with E-state index in [9.17, 15) is 14.4 Å². The number of carbonyl (C=O) groups is 3. The largest absolute Gasteiger partial charge is 0.490 e. The average Bonchev–Trinajstić information content (AvgIpc) is 3.56. The lowest BCUT2D eigenvalue weighted by atomic mass is 9.94. The second-order valence-electron chi connectivity index (χ2n) is 8.02. The topological polar surface area (TPSA) is 97.0 Å². The molecule has 2 fully saturated rings. The Morgan fingerprint density at radius 2 is 2.00 bits per heavy atom. The van der Waals surface area contributed by atoms with Gasteiger partial charge >= 0.3 is 0 Å². The van der Waals surface area contributed by atoms with Gasteiger partial charge in [-0.05, 0) is 43.9 Å². The zero-order chi connectivity index (χ0) is 20.5. The summed E-state index contributed by atoms with van der Waals surface area (Å²) in [6.45, 7) is 0.299. The average molecular weight is 401 g/mol. The Morgan fingerprint density at radius 3 is 2.72 bits per heavy atom. The van der Waals surface area contributed by atoms with Crippen LogP contribution in [0.25, 0.3) is 0 Å². The summed E-state index contributed by atoms with van der Waals surface area (Å²) >= 11 is 0. The summed E-state index contributed by atoms with van der Waals surface area (Å²) in [5, 5.41) is 5.50. The lowest BCUT2D eigenvalue weighted by Crippen LogP contribution is -2.53. The minimum absolute atomic E-state index is 0.000388. The van der Waals surface area contributed by atoms with Crippen LogP contribution in [0, 0.1) is 5.92 Å². The number of hydrogen-bond acceptors (Lipinski definition) is 5. The number of nitrogens with one attached hydrogen (secondary N) is 2. The fraction of sp³-hybridized carbons (Fsp3) is 0.571. The third-order valence-corrected chi connectivity index (χ3v) is 5.92. The van der Waals surface area contributed by atoms with Crippen LogP contribution in [-0.2, 0) is 14.3 Å². The summed E-state index contributed by atoms with van der Waals surface area (Å²) in [5.41, 5.74) is 1.04. The van der Waals surface area contributed by atoms with Crippen molar-refractivity contribution in [3.63, 3.8) is 0 Å². The Labute approximate surface area is 169 Å². The standard InChI is InChI=1S/C21H27N3O5/c1-22-19(25)10-14-6-7-16-18(29-14)11-28-17-8-5-13(23-20(26)12-3-4-12)9-15(17)21(27)24(16)2/h5,8-9,12,14,16,18H,3-4,6-7,10-11H2,1-2H3,(H,22,25)(H,23,26)/t14-,16+,18-/m0/s1. The highest BCUT2D eigenvalue weighted by atomic mass is 16.5. The van der Waals surface area contributed by atoms with Crippen LogP contribution in [0.15, 0.2) is 18.2 Å². The number of ether oxygens (including phenoxy) is 2. The summed E-state index contributed by atoms with van der Waals surface area (Å²) in [4.78, 5) is 38.6. The molecule has 8 heteroatoms. The summed E-state index contributed by atoms with van der Waals surface area (Å²) in [5.74, 6) is 0.345. The van der Waals surface area contributed by atoms with Crippen molar-refractivity contribution in [1.29, 1.82) is 0 Å². The molecule has 0 unspecified atom stereocenters. The molecule has 3 amide bonds. The van der Waals surface area contributed by atoms with E-state index in [1.54, 1.807) is 37.2 Å². The van der Waals surface area contributed by atoms with Crippen LogP contribution in [0.1, 0.15) is 42.5 Å². The Kier molecular flexibility index (Phi) is 5.45. The van der Waals surface area contributed by atoms with Gasteiger partial charge in [0.2, 0.25) is 11.8 Å². The van der Waals surface area contributed by atoms with Gasteiger partial charge < -0.3 is 25.0 Å². The van der Waals surface area contributed by atoms with E-state index in [1.807, 2.05) is 0 Å². The molecule has 2 N–H and O–H groups in total. The van der Waals surface area contributed by atoms with Gasteiger partial charge in [0.25, 0.3) is 5.91 Å². The van der Waals surface area contributed by atoms with Crippen LogP contribution in [0.4, 0.5) is 5.69 Å². The highest BCUT2D eigenvalue weighted by molar-refractivity contribution is 6.00. The van der Waals surface area contributed by atoms with E-state index in [1.165, 1.54) is 0 Å². The molecule has 3 aliphatic rings. The smallest absolute Gasteiger partial charge is 0.257 e. The molecular formula is C21H27N3O5. The van der Waals surface area contributed by atoms with Crippen LogP contribution >= 0.6 is 0 Å². The molecule has 156 valence electrons. The van der Waals surface area contributed by atoms with Crippen LogP contribution in [0.5, 0.6) is 5.75 Å². The Hall–Kier alpha value is -2.61. The second-order valence-corrected chi connectivity index (χ2v) is 8.02. The summed E-state index contributed by atoms with van der Waals surface area (Å²) in [6, 6.07) is 5.03. The highest BCUT2D eigenvalue weighted by Crippen LogP contribution is 2.34. The van der Waals surface area contributed by atoms with Gasteiger partial charge in [0.15, 0.2) is 0 Å². The van der Waals surface area contributed by atoms with E-state index in [0.29, 0.717) is 36.4 Å². The monoisotopic (exact) mass is 401 g/mol. The van der Waals surface area contributed by atoms with Crippen molar-refractivity contribution in [2.45, 2.75) is 50.4 Å². The van der Waals surface area contributed by atoms with Crippen LogP contribution < -0.4 is 15.4 Å². The minimum Gasteiger partial charge on any atom is -0.490 e. The molecular weight excluding hydrogens is 374 g/mol. The molecule has 8 nitrogen and oxygen atoms in total. The number of hydrogen-bond donors (Lipinski definition) is 2. The van der Waals surface area contributed by atoms with Crippen LogP contribution in [0.2, 0.25) is 0 Å². The second kappa shape index (κ2) is 8.02. The van der Waals surface area contributed by atoms with Crippen molar-refractivity contribution < 1.29 is 23.9 Å². The van der Waals surface area contributed by atoms with Crippen molar-refractivity contribution in [3.05, 3.63) is 23.8 Å². The van der Waals surface area contributed by atoms with Gasteiger partial charge in [0.1, 0.15) is 18.5 Å². The lowest BCUT2D eigenvalue weighted by Gasteiger charge is -2.42. The van der Waals surface area contributed by atoms with E-state index in [2.05, 4.69) is 10.6 Å². The van der Waals surface area contributed by atoms with Crippen molar-refractivity contribution >= 4 is 23.4 Å². The van der Waals surface area contributed by atoms with Crippen LogP contribution in [-0.4, -0.2) is 61.6 Å². The summed E-state index contributed by atoms with van der Waals surface area (Å²) in [7, 11) is 3.38. The first-order chi connectivity index (χ1) is 14.0. The maximum absolute atomic E-state index is 13.1. The van der Waals surface area contributed by atoms with E-state index in [0.717, 1.165) is 19.3 Å². The van der Waals surface area contributed by atoms with Gasteiger partial charge in [0.05, 0.1) is 24.1 Å². The Morgan fingerprint density at radius 1 is 1.21 bits per heavy atom. The first-order valence-electron chi connectivity index (χ1n) is 10.2. The molecule has 4 rings (SSSR count). The molecule has 1 aliphatic carbocycles. The van der Waals surface area contributed by atoms with Crippen molar-refractivity contribution in [2.24, 2.45) is 5.92 Å². The lowest BCUT2D eigenvalue weighted by molar-refractivity contribution is -0.133. The number of fused-ring (bicyclic) bond motifs is 2. The first-order valence-corrected chi connectivity index (χ1v) is 10.2. The molecule has 2 heterocycles. The number of anilines is 1. The van der Waals surface area contributed by atoms with Crippen molar-refractivity contribution in [3.8, 4) is 5.75 Å². The number of rotatable bonds is 4. The zero-order valence-electron chi connectivity index (χ0n) is 16.8. The molecule has 29 heavy (non-hydrogen) atoms. The molecule has 0 spiro atoms. The van der Waals surface area contributed by atoms with Crippen molar-refractivity contribution in [1.82, 2.24) is 10.2 Å². The number of benzene rings is 1. The third kappa shape index (κ3) is 4.22. The maximum atomic E-state index is 13.1. The summed E-state index contributed by atoms with van der Waals surface area (Å²) in [6.07, 6.45) is 3.12. The number of carbonyl (C=O) groups excluding carboxylic acids is 3. The number of likely N-dealkylation sites (N-methyl/N-ethyl adjacent to an activating group) is 1. The van der Waals surface area contributed by atoms with E-state index in [4.69, 9.17) is 9.47 Å². The van der Waals surface area contributed by atoms with Gasteiger partial charge in [-0.1, -0.05) is 0 Å². The summed E-state index contributed by atoms with van der Waals surface area (Å²) < 4.78 is 12.0. The molecule has 3 atom stereocenters. The Balaban J connectivity index is 1.51. The molecule has 1 aromatic rings. The van der Waals surface area contributed by atoms with Crippen molar-refractivity contribution in [2.75, 3.05) is 26.0 Å². The maximum Gasteiger partial charge on any atom is 0.257 e. The molecule has 1 saturated heterocycles. The van der Waals surface area contributed by atoms with E-state index < -0.39 is 0 Å². The Bertz CT molecular complexity index is 823. The van der Waals surface area contributed by atoms with Gasteiger partial charge in [-0.15, -0.1) is 0 Å².